The predicted octanol–water partition coefficient (Wildman–Crippen LogP) is 5.08. The first-order chi connectivity index (χ1) is 10.8. The van der Waals surface area contributed by atoms with Gasteiger partial charge < -0.3 is 5.11 Å². The third-order valence-electron chi connectivity index (χ3n) is 4.58. The normalized spacial score (nSPS) is 20.3. The van der Waals surface area contributed by atoms with Crippen molar-refractivity contribution in [2.24, 2.45) is 5.41 Å². The molecule has 126 valence electrons. The molecule has 23 heavy (non-hydrogen) atoms. The molecule has 0 fully saturated rings. The van der Waals surface area contributed by atoms with Crippen LogP contribution in [0, 0.1) is 5.41 Å². The van der Waals surface area contributed by atoms with E-state index in [0.717, 1.165) is 11.1 Å². The van der Waals surface area contributed by atoms with Crippen LogP contribution in [0.3, 0.4) is 0 Å². The van der Waals surface area contributed by atoms with Gasteiger partial charge in [-0.1, -0.05) is 55.4 Å². The minimum atomic E-state index is -0.217. The molecule has 0 amide bonds. The lowest BCUT2D eigenvalue weighted by molar-refractivity contribution is -0.105. The molecule has 0 radical (unpaired) electrons. The lowest BCUT2D eigenvalue weighted by Gasteiger charge is -2.32. The molecule has 0 aromatic rings. The molecule has 0 saturated heterocycles. The van der Waals surface area contributed by atoms with Crippen LogP contribution in [0.4, 0.5) is 0 Å². The van der Waals surface area contributed by atoms with E-state index >= 15 is 0 Å². The van der Waals surface area contributed by atoms with Gasteiger partial charge in [-0.15, -0.1) is 0 Å². The smallest absolute Gasteiger partial charge is 0.148 e. The fraction of sp³-hybridized carbons (Fsp3) is 0.476. The molecule has 0 aliphatic heterocycles. The number of allylic oxidation sites excluding steroid dienone is 9. The van der Waals surface area contributed by atoms with E-state index in [0.29, 0.717) is 11.9 Å². The van der Waals surface area contributed by atoms with Crippen molar-refractivity contribution in [1.29, 1.82) is 0 Å². The Morgan fingerprint density at radius 3 is 2.52 bits per heavy atom. The minimum absolute atomic E-state index is 0.217. The molecule has 0 saturated carbocycles. The van der Waals surface area contributed by atoms with Crippen LogP contribution in [-0.4, -0.2) is 18.0 Å². The summed E-state index contributed by atoms with van der Waals surface area (Å²) in [6.07, 6.45) is 14.6. The second-order valence-corrected chi connectivity index (χ2v) is 7.02. The Morgan fingerprint density at radius 2 is 1.96 bits per heavy atom. The van der Waals surface area contributed by atoms with Crippen LogP contribution in [0.15, 0.2) is 58.2 Å². The lowest BCUT2D eigenvalue weighted by atomic mass is 9.72. The Morgan fingerprint density at radius 1 is 1.26 bits per heavy atom. The number of rotatable bonds is 6. The van der Waals surface area contributed by atoms with Gasteiger partial charge in [-0.05, 0) is 56.6 Å². The van der Waals surface area contributed by atoms with Crippen molar-refractivity contribution in [3.63, 3.8) is 0 Å². The van der Waals surface area contributed by atoms with Crippen LogP contribution in [-0.2, 0) is 4.79 Å². The Hall–Kier alpha value is -1.67. The topological polar surface area (TPSA) is 37.3 Å². The molecule has 1 aliphatic carbocycles. The van der Waals surface area contributed by atoms with Crippen molar-refractivity contribution in [1.82, 2.24) is 0 Å². The summed E-state index contributed by atoms with van der Waals surface area (Å²) >= 11 is 0. The fourth-order valence-electron chi connectivity index (χ4n) is 2.99. The van der Waals surface area contributed by atoms with E-state index in [1.165, 1.54) is 30.4 Å². The summed E-state index contributed by atoms with van der Waals surface area (Å²) in [5.74, 6) is 0. The molecule has 0 heterocycles. The van der Waals surface area contributed by atoms with Gasteiger partial charge in [0.2, 0.25) is 0 Å². The molecule has 1 aliphatic rings. The van der Waals surface area contributed by atoms with Crippen LogP contribution in [0.2, 0.25) is 0 Å². The first-order valence-electron chi connectivity index (χ1n) is 8.31. The van der Waals surface area contributed by atoms with Gasteiger partial charge in [-0.25, -0.2) is 0 Å². The molecule has 0 bridgehead atoms. The molecule has 0 unspecified atom stereocenters. The van der Waals surface area contributed by atoms with Gasteiger partial charge in [0.25, 0.3) is 0 Å². The number of carbonyl (C=O) groups excluding carboxylic acids is 1. The van der Waals surface area contributed by atoms with Gasteiger partial charge in [0.1, 0.15) is 6.29 Å². The Balaban J connectivity index is 2.85. The van der Waals surface area contributed by atoms with Gasteiger partial charge in [-0.2, -0.15) is 0 Å². The van der Waals surface area contributed by atoms with Crippen molar-refractivity contribution in [2.45, 2.75) is 53.9 Å². The zero-order valence-electron chi connectivity index (χ0n) is 15.1. The predicted molar refractivity (Wildman–Crippen MR) is 98.2 cm³/mol. The summed E-state index contributed by atoms with van der Waals surface area (Å²) in [5.41, 5.74) is 5.59. The third-order valence-corrected chi connectivity index (χ3v) is 4.58. The summed E-state index contributed by atoms with van der Waals surface area (Å²) < 4.78 is 0. The summed E-state index contributed by atoms with van der Waals surface area (Å²) in [5, 5.41) is 9.05. The molecule has 1 rings (SSSR count). The van der Waals surface area contributed by atoms with E-state index in [1.54, 1.807) is 0 Å². The fourth-order valence-corrected chi connectivity index (χ4v) is 2.99. The van der Waals surface area contributed by atoms with E-state index in [9.17, 15) is 4.79 Å². The Bertz CT molecular complexity index is 581. The first-order valence-corrected chi connectivity index (χ1v) is 8.31. The van der Waals surface area contributed by atoms with Crippen molar-refractivity contribution < 1.29 is 9.90 Å². The average molecular weight is 314 g/mol. The highest BCUT2D eigenvalue weighted by molar-refractivity contribution is 5.75. The second kappa shape index (κ2) is 8.83. The van der Waals surface area contributed by atoms with E-state index in [1.807, 2.05) is 25.2 Å². The van der Waals surface area contributed by atoms with Crippen molar-refractivity contribution >= 4 is 6.29 Å². The van der Waals surface area contributed by atoms with E-state index in [-0.39, 0.29) is 12.0 Å². The maximum absolute atomic E-state index is 10.8. The first kappa shape index (κ1) is 19.4. The number of carbonyl (C=O) groups is 1. The van der Waals surface area contributed by atoms with Crippen molar-refractivity contribution in [3.05, 3.63) is 58.2 Å². The SMILES string of the molecule is CC1=C(\C=C/C(C)=C/C=C/C(C)=C(\C=O)CO)C(C)(C)CCC1. The summed E-state index contributed by atoms with van der Waals surface area (Å²) in [4.78, 5) is 10.8. The molecule has 1 N–H and O–H groups in total. The number of aldehydes is 1. The van der Waals surface area contributed by atoms with Crippen LogP contribution in [0.5, 0.6) is 0 Å². The molecule has 2 heteroatoms. The van der Waals surface area contributed by atoms with E-state index in [2.05, 4.69) is 39.8 Å². The molecular weight excluding hydrogens is 284 g/mol. The molecule has 2 nitrogen and oxygen atoms in total. The van der Waals surface area contributed by atoms with Gasteiger partial charge >= 0.3 is 0 Å². The summed E-state index contributed by atoms with van der Waals surface area (Å²) in [7, 11) is 0. The van der Waals surface area contributed by atoms with Crippen LogP contribution >= 0.6 is 0 Å². The third kappa shape index (κ3) is 5.80. The minimum Gasteiger partial charge on any atom is -0.392 e. The monoisotopic (exact) mass is 314 g/mol. The summed E-state index contributed by atoms with van der Waals surface area (Å²) in [6.45, 7) is 10.6. The number of aliphatic hydroxyl groups excluding tert-OH is 1. The maximum Gasteiger partial charge on any atom is 0.148 e. The second-order valence-electron chi connectivity index (χ2n) is 7.02. The molecule has 0 atom stereocenters. The largest absolute Gasteiger partial charge is 0.392 e. The average Bonchev–Trinajstić information content (AvgIpc) is 2.47. The van der Waals surface area contributed by atoms with Crippen LogP contribution in [0.25, 0.3) is 0 Å². The molecule has 0 aromatic carbocycles. The highest BCUT2D eigenvalue weighted by Crippen LogP contribution is 2.40. The molecule has 0 aromatic heterocycles. The number of hydrogen-bond donors (Lipinski definition) is 1. The van der Waals surface area contributed by atoms with E-state index in [4.69, 9.17) is 5.11 Å². The van der Waals surface area contributed by atoms with Gasteiger partial charge in [0, 0.05) is 5.57 Å². The van der Waals surface area contributed by atoms with Crippen molar-refractivity contribution in [2.75, 3.05) is 6.61 Å². The van der Waals surface area contributed by atoms with Crippen LogP contribution < -0.4 is 0 Å². The number of aliphatic hydroxyl groups is 1. The standard InChI is InChI=1S/C21H30O2/c1-16(8-6-9-17(2)19(14-22)15-23)11-12-20-18(3)10-7-13-21(20,4)5/h6,8-9,11-12,14,23H,7,10,13,15H2,1-5H3/b9-6+,12-11-,16-8+,19-17+. The molecular formula is C21H30O2. The zero-order chi connectivity index (χ0) is 17.5. The van der Waals surface area contributed by atoms with Crippen LogP contribution in [0.1, 0.15) is 53.9 Å². The maximum atomic E-state index is 10.8. The summed E-state index contributed by atoms with van der Waals surface area (Å²) in [6, 6.07) is 0. The van der Waals surface area contributed by atoms with Gasteiger partial charge in [-0.3, -0.25) is 4.79 Å². The Kier molecular flexibility index (Phi) is 7.44. The highest BCUT2D eigenvalue weighted by atomic mass is 16.3. The Labute approximate surface area is 141 Å². The van der Waals surface area contributed by atoms with Gasteiger partial charge in [0.05, 0.1) is 6.61 Å². The van der Waals surface area contributed by atoms with Crippen molar-refractivity contribution in [3.8, 4) is 0 Å². The number of hydrogen-bond acceptors (Lipinski definition) is 2. The van der Waals surface area contributed by atoms with Gasteiger partial charge in [0.15, 0.2) is 0 Å². The highest BCUT2D eigenvalue weighted by Gasteiger charge is 2.26. The molecule has 0 spiro atoms. The lowest BCUT2D eigenvalue weighted by Crippen LogP contribution is -2.19. The quantitative estimate of drug-likeness (QED) is 0.422. The zero-order valence-corrected chi connectivity index (χ0v) is 15.1. The van der Waals surface area contributed by atoms with E-state index < -0.39 is 0 Å².